The topological polar surface area (TPSA) is 75.5 Å². The number of halogens is 1. The number of allylic oxidation sites excluding steroid dienone is 1. The van der Waals surface area contributed by atoms with Crippen LogP contribution >= 0.6 is 0 Å². The molecule has 0 unspecified atom stereocenters. The van der Waals surface area contributed by atoms with Gasteiger partial charge >= 0.3 is 0 Å². The molecule has 1 aromatic carbocycles. The lowest BCUT2D eigenvalue weighted by Crippen LogP contribution is -2.49. The van der Waals surface area contributed by atoms with Crippen molar-refractivity contribution in [3.05, 3.63) is 64.9 Å². The van der Waals surface area contributed by atoms with E-state index in [1.54, 1.807) is 26.1 Å². The van der Waals surface area contributed by atoms with Gasteiger partial charge in [-0.1, -0.05) is 6.08 Å². The fourth-order valence-electron chi connectivity index (χ4n) is 3.38. The van der Waals surface area contributed by atoms with Gasteiger partial charge in [0.1, 0.15) is 11.7 Å². The van der Waals surface area contributed by atoms with Gasteiger partial charge in [-0.25, -0.2) is 12.8 Å². The molecule has 162 valence electrons. The van der Waals surface area contributed by atoms with Crippen LogP contribution in [0.3, 0.4) is 0 Å². The predicted molar refractivity (Wildman–Crippen MR) is 116 cm³/mol. The second-order valence-electron chi connectivity index (χ2n) is 7.64. The molecule has 0 aliphatic carbocycles. The smallest absolute Gasteiger partial charge is 0.277 e. The third-order valence-electron chi connectivity index (χ3n) is 5.27. The summed E-state index contributed by atoms with van der Waals surface area (Å²) in [6, 6.07) is 5.59. The van der Waals surface area contributed by atoms with Crippen LogP contribution in [0.5, 0.6) is 0 Å². The number of anilines is 1. The maximum Gasteiger partial charge on any atom is 0.277 e. The van der Waals surface area contributed by atoms with Crippen molar-refractivity contribution >= 4 is 15.5 Å². The Balaban J connectivity index is 1.83. The van der Waals surface area contributed by atoms with Gasteiger partial charge in [0.25, 0.3) is 5.56 Å². The van der Waals surface area contributed by atoms with Crippen molar-refractivity contribution in [1.29, 1.82) is 0 Å². The Kier molecular flexibility index (Phi) is 6.72. The van der Waals surface area contributed by atoms with Crippen molar-refractivity contribution in [3.8, 4) is 5.69 Å². The lowest BCUT2D eigenvalue weighted by Gasteiger charge is -2.36. The normalized spacial score (nSPS) is 15.5. The molecule has 0 N–H and O–H groups in total. The molecule has 0 radical (unpaired) electrons. The van der Waals surface area contributed by atoms with E-state index in [-0.39, 0.29) is 17.3 Å². The van der Waals surface area contributed by atoms with Gasteiger partial charge in [0.05, 0.1) is 22.8 Å². The minimum Gasteiger partial charge on any atom is -0.367 e. The van der Waals surface area contributed by atoms with Gasteiger partial charge in [-0.15, -0.1) is 6.58 Å². The summed E-state index contributed by atoms with van der Waals surface area (Å²) in [4.78, 5) is 17.1. The first kappa shape index (κ1) is 22.2. The number of hydrogen-bond acceptors (Lipinski definition) is 6. The molecule has 0 bridgehead atoms. The van der Waals surface area contributed by atoms with Crippen LogP contribution in [0.1, 0.15) is 19.4 Å². The van der Waals surface area contributed by atoms with Crippen LogP contribution in [0.25, 0.3) is 5.69 Å². The monoisotopic (exact) mass is 434 g/mol. The molecule has 1 saturated heterocycles. The molecule has 0 amide bonds. The van der Waals surface area contributed by atoms with Gasteiger partial charge in [0, 0.05) is 31.7 Å². The summed E-state index contributed by atoms with van der Waals surface area (Å²) in [5.41, 5.74) is 1.50. The number of benzene rings is 1. The Bertz CT molecular complexity index is 1060. The van der Waals surface area contributed by atoms with E-state index in [2.05, 4.69) is 16.6 Å². The summed E-state index contributed by atoms with van der Waals surface area (Å²) in [5, 5.41) is 3.89. The van der Waals surface area contributed by atoms with Gasteiger partial charge in [-0.3, -0.25) is 9.69 Å². The maximum atomic E-state index is 13.2. The minimum atomic E-state index is -3.14. The molecular formula is C21H27FN4O3S. The van der Waals surface area contributed by atoms with Crippen LogP contribution < -0.4 is 10.5 Å². The minimum absolute atomic E-state index is 0.0441. The highest BCUT2D eigenvalue weighted by molar-refractivity contribution is 7.91. The quantitative estimate of drug-likeness (QED) is 0.621. The van der Waals surface area contributed by atoms with Crippen LogP contribution in [-0.4, -0.2) is 60.4 Å². The zero-order valence-corrected chi connectivity index (χ0v) is 18.1. The molecule has 1 fully saturated rings. The summed E-state index contributed by atoms with van der Waals surface area (Å²) in [6.07, 6.45) is 3.69. The van der Waals surface area contributed by atoms with E-state index in [0.29, 0.717) is 43.9 Å². The average molecular weight is 435 g/mol. The van der Waals surface area contributed by atoms with E-state index in [1.807, 2.05) is 4.90 Å². The molecule has 0 atom stereocenters. The largest absolute Gasteiger partial charge is 0.367 e. The van der Waals surface area contributed by atoms with E-state index in [0.717, 1.165) is 5.69 Å². The lowest BCUT2D eigenvalue weighted by molar-refractivity contribution is 0.293. The highest BCUT2D eigenvalue weighted by Crippen LogP contribution is 2.20. The lowest BCUT2D eigenvalue weighted by atomic mass is 10.1. The highest BCUT2D eigenvalue weighted by atomic mass is 32.2. The van der Waals surface area contributed by atoms with E-state index in [4.69, 9.17) is 0 Å². The van der Waals surface area contributed by atoms with Crippen molar-refractivity contribution < 1.29 is 12.8 Å². The molecule has 0 saturated carbocycles. The maximum absolute atomic E-state index is 13.2. The number of piperazine rings is 1. The molecule has 30 heavy (non-hydrogen) atoms. The number of sulfone groups is 1. The van der Waals surface area contributed by atoms with Gasteiger partial charge in [0.15, 0.2) is 9.84 Å². The van der Waals surface area contributed by atoms with Gasteiger partial charge in [0.2, 0.25) is 0 Å². The Labute approximate surface area is 176 Å². The summed E-state index contributed by atoms with van der Waals surface area (Å²) in [7, 11) is -3.14. The average Bonchev–Trinajstić information content (AvgIpc) is 2.71. The van der Waals surface area contributed by atoms with Crippen molar-refractivity contribution in [3.63, 3.8) is 0 Å². The Morgan fingerprint density at radius 1 is 1.17 bits per heavy atom. The first-order valence-corrected chi connectivity index (χ1v) is 11.6. The summed E-state index contributed by atoms with van der Waals surface area (Å²) >= 11 is 0. The second-order valence-corrected chi connectivity index (χ2v) is 10.2. The summed E-state index contributed by atoms with van der Waals surface area (Å²) < 4.78 is 38.8. The molecule has 1 aliphatic rings. The zero-order chi connectivity index (χ0) is 21.9. The molecular weight excluding hydrogens is 407 g/mol. The molecule has 0 spiro atoms. The van der Waals surface area contributed by atoms with E-state index in [9.17, 15) is 17.6 Å². The third kappa shape index (κ3) is 4.79. The summed E-state index contributed by atoms with van der Waals surface area (Å²) in [5.74, 6) is -0.338. The molecule has 9 heteroatoms. The van der Waals surface area contributed by atoms with Crippen LogP contribution in [-0.2, 0) is 16.3 Å². The first-order chi connectivity index (χ1) is 14.2. The summed E-state index contributed by atoms with van der Waals surface area (Å²) in [6.45, 7) is 9.49. The van der Waals surface area contributed by atoms with E-state index >= 15 is 0 Å². The van der Waals surface area contributed by atoms with Crippen molar-refractivity contribution in [1.82, 2.24) is 14.7 Å². The van der Waals surface area contributed by atoms with E-state index < -0.39 is 15.1 Å². The molecule has 1 aliphatic heterocycles. The number of nitrogens with zero attached hydrogens (tertiary/aromatic N) is 4. The fourth-order valence-corrected chi connectivity index (χ4v) is 4.44. The SMILES string of the molecule is C=CCc1c(N2CCN(CS(=O)(=O)C(C)C)CC2)cnn(-c2ccc(F)cc2)c1=O. The highest BCUT2D eigenvalue weighted by Gasteiger charge is 2.26. The fraction of sp³-hybridized carbons (Fsp3) is 0.429. The Hall–Kier alpha value is -2.52. The van der Waals surface area contributed by atoms with E-state index in [1.165, 1.54) is 28.9 Å². The Morgan fingerprint density at radius 3 is 2.37 bits per heavy atom. The van der Waals surface area contributed by atoms with Crippen molar-refractivity contribution in [2.45, 2.75) is 25.5 Å². The second kappa shape index (κ2) is 9.09. The molecule has 2 heterocycles. The van der Waals surface area contributed by atoms with Crippen LogP contribution in [0.2, 0.25) is 0 Å². The van der Waals surface area contributed by atoms with Crippen LogP contribution in [0.15, 0.2) is 47.9 Å². The number of rotatable bonds is 7. The van der Waals surface area contributed by atoms with Gasteiger partial charge < -0.3 is 4.90 Å². The van der Waals surface area contributed by atoms with Crippen molar-refractivity contribution in [2.75, 3.05) is 37.0 Å². The first-order valence-electron chi connectivity index (χ1n) is 9.90. The molecule has 1 aromatic heterocycles. The van der Waals surface area contributed by atoms with Crippen LogP contribution in [0.4, 0.5) is 10.1 Å². The number of aromatic nitrogens is 2. The standard InChI is InChI=1S/C21H27FN4O3S/c1-4-5-19-20(14-23-26(21(19)27)18-8-6-17(22)7-9-18)25-12-10-24(11-13-25)15-30(28,29)16(2)3/h4,6-9,14,16H,1,5,10-13,15H2,2-3H3. The van der Waals surface area contributed by atoms with Crippen molar-refractivity contribution in [2.24, 2.45) is 0 Å². The third-order valence-corrected chi connectivity index (χ3v) is 7.43. The van der Waals surface area contributed by atoms with Gasteiger partial charge in [-0.05, 0) is 44.5 Å². The predicted octanol–water partition coefficient (Wildman–Crippen LogP) is 2.00. The van der Waals surface area contributed by atoms with Gasteiger partial charge in [-0.2, -0.15) is 9.78 Å². The molecule has 7 nitrogen and oxygen atoms in total. The molecule has 3 rings (SSSR count). The Morgan fingerprint density at radius 2 is 1.80 bits per heavy atom. The molecule has 2 aromatic rings. The number of hydrogen-bond donors (Lipinski definition) is 0. The van der Waals surface area contributed by atoms with Crippen LogP contribution in [0, 0.1) is 5.82 Å². The zero-order valence-electron chi connectivity index (χ0n) is 17.3.